The monoisotopic (exact) mass is 210 g/mol. The molecule has 0 unspecified atom stereocenters. The van der Waals surface area contributed by atoms with Crippen LogP contribution in [0.1, 0.15) is 0 Å². The number of hydrogen-bond acceptors (Lipinski definition) is 2. The predicted molar refractivity (Wildman–Crippen MR) is 47.4 cm³/mol. The number of halogens is 3. The van der Waals surface area contributed by atoms with E-state index in [4.69, 9.17) is 4.74 Å². The lowest BCUT2D eigenvalue weighted by Gasteiger charge is -1.99. The van der Waals surface area contributed by atoms with Crippen LogP contribution in [0.3, 0.4) is 0 Å². The Bertz CT molecular complexity index is 240. The molecule has 74 valence electrons. The summed E-state index contributed by atoms with van der Waals surface area (Å²) in [7, 11) is 1.63. The molecule has 1 nitrogen and oxygen atoms in total. The smallest absolute Gasteiger partial charge is 0.379 e. The molecule has 0 saturated carbocycles. The molecule has 1 rings (SSSR count). The molecule has 0 radical (unpaired) electrons. The van der Waals surface area contributed by atoms with Crippen LogP contribution in [0.5, 0.6) is 5.75 Å². The first kappa shape index (κ1) is 12.2. The van der Waals surface area contributed by atoms with Crippen LogP contribution in [0, 0.1) is 0 Å². The summed E-state index contributed by atoms with van der Waals surface area (Å²) in [5.41, 5.74) is 0. The van der Waals surface area contributed by atoms with E-state index in [0.29, 0.717) is 0 Å². The highest BCUT2D eigenvalue weighted by atomic mass is 32.1. The third-order valence-corrected chi connectivity index (χ3v) is 1.45. The van der Waals surface area contributed by atoms with Gasteiger partial charge in [-0.25, -0.2) is 0 Å². The van der Waals surface area contributed by atoms with E-state index in [0.717, 1.165) is 10.6 Å². The van der Waals surface area contributed by atoms with Crippen molar-refractivity contribution in [3.8, 4) is 5.75 Å². The molecule has 5 heteroatoms. The minimum absolute atomic E-state index is 0.820. The lowest BCUT2D eigenvalue weighted by atomic mass is 10.3. The first-order chi connectivity index (χ1) is 6.07. The number of rotatable bonds is 1. The highest BCUT2D eigenvalue weighted by Gasteiger charge is 1.92. The van der Waals surface area contributed by atoms with E-state index in [2.05, 4.69) is 12.6 Å². The summed E-state index contributed by atoms with van der Waals surface area (Å²) in [4.78, 5) is 0.875. The Morgan fingerprint density at radius 1 is 1.23 bits per heavy atom. The molecular formula is C8H9F3OS. The van der Waals surface area contributed by atoms with Gasteiger partial charge < -0.3 is 4.74 Å². The summed E-state index contributed by atoms with van der Waals surface area (Å²) in [6, 6.07) is 7.60. The summed E-state index contributed by atoms with van der Waals surface area (Å²) in [5.74, 6) is 0.820. The number of hydrogen-bond donors (Lipinski definition) is 1. The zero-order chi connectivity index (χ0) is 10.3. The van der Waals surface area contributed by atoms with Crippen molar-refractivity contribution in [3.63, 3.8) is 0 Å². The van der Waals surface area contributed by atoms with Gasteiger partial charge in [0.2, 0.25) is 0 Å². The van der Waals surface area contributed by atoms with Gasteiger partial charge in [-0.05, 0) is 12.1 Å². The van der Waals surface area contributed by atoms with Crippen molar-refractivity contribution in [2.24, 2.45) is 0 Å². The fourth-order valence-corrected chi connectivity index (χ4v) is 0.882. The molecule has 0 aromatic heterocycles. The maximum atomic E-state index is 9.67. The standard InChI is InChI=1S/C7H8OS.CHF3/c1-8-6-4-2-3-5-7(6)9;2-1(3)4/h2-5,9H,1H3;1H. The van der Waals surface area contributed by atoms with Gasteiger partial charge in [0.25, 0.3) is 0 Å². The van der Waals surface area contributed by atoms with Gasteiger partial charge in [0, 0.05) is 4.90 Å². The molecule has 1 aromatic carbocycles. The third kappa shape index (κ3) is 6.33. The van der Waals surface area contributed by atoms with Crippen LogP contribution in [-0.2, 0) is 0 Å². The first-order valence-electron chi connectivity index (χ1n) is 3.32. The highest BCUT2D eigenvalue weighted by Crippen LogP contribution is 2.19. The first-order valence-corrected chi connectivity index (χ1v) is 3.77. The largest absolute Gasteiger partial charge is 0.496 e. The fourth-order valence-electron chi connectivity index (χ4n) is 0.630. The van der Waals surface area contributed by atoms with Gasteiger partial charge in [0.1, 0.15) is 5.75 Å². The Kier molecular flexibility index (Phi) is 6.22. The van der Waals surface area contributed by atoms with Crippen LogP contribution in [0.2, 0.25) is 0 Å². The fraction of sp³-hybridized carbons (Fsp3) is 0.250. The molecule has 1 aromatic rings. The molecule has 0 N–H and O–H groups in total. The predicted octanol–water partition coefficient (Wildman–Crippen LogP) is 3.16. The van der Waals surface area contributed by atoms with Gasteiger partial charge in [0.05, 0.1) is 7.11 Å². The minimum Gasteiger partial charge on any atom is -0.496 e. The lowest BCUT2D eigenvalue weighted by Crippen LogP contribution is -1.81. The van der Waals surface area contributed by atoms with Crippen molar-refractivity contribution in [1.29, 1.82) is 0 Å². The molecule has 13 heavy (non-hydrogen) atoms. The Hall–Kier alpha value is -0.840. The van der Waals surface area contributed by atoms with Gasteiger partial charge in [-0.15, -0.1) is 12.6 Å². The number of thiol groups is 1. The summed E-state index contributed by atoms with van der Waals surface area (Å²) < 4.78 is 34.0. The summed E-state index contributed by atoms with van der Waals surface area (Å²) in [6.07, 6.45) is 0. The van der Waals surface area contributed by atoms with Gasteiger partial charge in [0.15, 0.2) is 0 Å². The number of para-hydroxylation sites is 1. The van der Waals surface area contributed by atoms with Crippen LogP contribution >= 0.6 is 12.6 Å². The summed E-state index contributed by atoms with van der Waals surface area (Å²) in [6.45, 7) is -3.67. The Labute approximate surface area is 79.9 Å². The van der Waals surface area contributed by atoms with Crippen molar-refractivity contribution in [2.75, 3.05) is 7.11 Å². The molecular weight excluding hydrogens is 201 g/mol. The van der Waals surface area contributed by atoms with E-state index >= 15 is 0 Å². The van der Waals surface area contributed by atoms with E-state index < -0.39 is 6.68 Å². The zero-order valence-corrected chi connectivity index (χ0v) is 7.77. The second-order valence-corrected chi connectivity index (χ2v) is 2.40. The molecule has 0 amide bonds. The zero-order valence-electron chi connectivity index (χ0n) is 6.88. The average molecular weight is 210 g/mol. The summed E-state index contributed by atoms with van der Waals surface area (Å²) in [5, 5.41) is 0. The Morgan fingerprint density at radius 2 is 1.69 bits per heavy atom. The van der Waals surface area contributed by atoms with Crippen molar-refractivity contribution in [1.82, 2.24) is 0 Å². The van der Waals surface area contributed by atoms with Crippen molar-refractivity contribution >= 4 is 12.6 Å². The van der Waals surface area contributed by atoms with Gasteiger partial charge >= 0.3 is 6.68 Å². The molecule has 0 bridgehead atoms. The van der Waals surface area contributed by atoms with Crippen LogP contribution in [-0.4, -0.2) is 13.8 Å². The van der Waals surface area contributed by atoms with E-state index in [-0.39, 0.29) is 0 Å². The molecule has 0 heterocycles. The van der Waals surface area contributed by atoms with E-state index in [1.807, 2.05) is 24.3 Å². The van der Waals surface area contributed by atoms with Crippen LogP contribution in [0.4, 0.5) is 13.2 Å². The Balaban J connectivity index is 0.000000310. The third-order valence-electron chi connectivity index (χ3n) is 1.09. The summed E-state index contributed by atoms with van der Waals surface area (Å²) >= 11 is 4.15. The Morgan fingerprint density at radius 3 is 2.00 bits per heavy atom. The van der Waals surface area contributed by atoms with E-state index in [9.17, 15) is 13.2 Å². The molecule has 0 spiro atoms. The lowest BCUT2D eigenvalue weighted by molar-refractivity contribution is 0.00819. The molecule has 0 fully saturated rings. The van der Waals surface area contributed by atoms with Crippen molar-refractivity contribution in [2.45, 2.75) is 11.6 Å². The van der Waals surface area contributed by atoms with Gasteiger partial charge in [-0.3, -0.25) is 0 Å². The minimum atomic E-state index is -3.67. The molecule has 0 aliphatic rings. The average Bonchev–Trinajstić information content (AvgIpc) is 2.04. The van der Waals surface area contributed by atoms with Crippen molar-refractivity contribution in [3.05, 3.63) is 24.3 Å². The maximum absolute atomic E-state index is 9.67. The van der Waals surface area contributed by atoms with Crippen LogP contribution in [0.25, 0.3) is 0 Å². The molecule has 0 saturated heterocycles. The van der Waals surface area contributed by atoms with Gasteiger partial charge in [-0.1, -0.05) is 12.1 Å². The highest BCUT2D eigenvalue weighted by molar-refractivity contribution is 7.80. The second-order valence-electron chi connectivity index (χ2n) is 1.92. The number of benzene rings is 1. The molecule has 0 aliphatic heterocycles. The normalized spacial score (nSPS) is 9.08. The maximum Gasteiger partial charge on any atom is 0.379 e. The van der Waals surface area contributed by atoms with E-state index in [1.54, 1.807) is 7.11 Å². The van der Waals surface area contributed by atoms with Gasteiger partial charge in [-0.2, -0.15) is 13.2 Å². The number of methoxy groups -OCH3 is 1. The van der Waals surface area contributed by atoms with Crippen LogP contribution < -0.4 is 4.74 Å². The quantitative estimate of drug-likeness (QED) is 0.700. The second kappa shape index (κ2) is 6.65. The van der Waals surface area contributed by atoms with Crippen LogP contribution in [0.15, 0.2) is 29.2 Å². The van der Waals surface area contributed by atoms with Crippen molar-refractivity contribution < 1.29 is 17.9 Å². The number of alkyl halides is 3. The molecule has 0 atom stereocenters. The topological polar surface area (TPSA) is 9.23 Å². The molecule has 0 aliphatic carbocycles. The van der Waals surface area contributed by atoms with E-state index in [1.165, 1.54) is 0 Å². The number of ether oxygens (including phenoxy) is 1. The SMILES string of the molecule is COc1ccccc1S.FC(F)F.